The first-order valence-electron chi connectivity index (χ1n) is 7.06. The molecule has 2 aromatic heterocycles. The predicted octanol–water partition coefficient (Wildman–Crippen LogP) is 4.23. The van der Waals surface area contributed by atoms with Crippen LogP contribution in [0.5, 0.6) is 0 Å². The van der Waals surface area contributed by atoms with Crippen molar-refractivity contribution in [3.8, 4) is 11.5 Å². The summed E-state index contributed by atoms with van der Waals surface area (Å²) in [6.07, 6.45) is 1.66. The molecule has 0 spiro atoms. The number of amides is 1. The van der Waals surface area contributed by atoms with E-state index in [2.05, 4.69) is 15.3 Å². The van der Waals surface area contributed by atoms with E-state index in [1.807, 2.05) is 6.92 Å². The van der Waals surface area contributed by atoms with Crippen molar-refractivity contribution in [1.82, 2.24) is 9.97 Å². The molecule has 1 N–H and O–H groups in total. The van der Waals surface area contributed by atoms with Gasteiger partial charge in [-0.3, -0.25) is 4.79 Å². The second-order valence-electron chi connectivity index (χ2n) is 4.72. The molecule has 0 aliphatic rings. The van der Waals surface area contributed by atoms with Gasteiger partial charge < -0.3 is 9.73 Å². The maximum absolute atomic E-state index is 11.9. The van der Waals surface area contributed by atoms with Gasteiger partial charge in [-0.15, -0.1) is 0 Å². The van der Waals surface area contributed by atoms with E-state index in [0.29, 0.717) is 33.6 Å². The number of rotatable bonds is 5. The normalized spacial score (nSPS) is 10.9. The summed E-state index contributed by atoms with van der Waals surface area (Å²) in [4.78, 5) is 20.4. The Hall–Kier alpha value is -2.05. The number of thioether (sulfide) groups is 1. The number of nitrogens with zero attached hydrogens (tertiary/aromatic N) is 2. The second kappa shape index (κ2) is 7.02. The highest BCUT2D eigenvalue weighted by Gasteiger charge is 2.12. The van der Waals surface area contributed by atoms with E-state index in [1.54, 1.807) is 48.3 Å². The average molecular weight is 348 g/mol. The highest BCUT2D eigenvalue weighted by molar-refractivity contribution is 7.99. The minimum absolute atomic E-state index is 0.0878. The van der Waals surface area contributed by atoms with Crippen LogP contribution in [0.1, 0.15) is 6.92 Å². The Balaban J connectivity index is 1.88. The van der Waals surface area contributed by atoms with Crippen molar-refractivity contribution in [3.63, 3.8) is 0 Å². The molecule has 0 aliphatic heterocycles. The average Bonchev–Trinajstić information content (AvgIpc) is 2.99. The Kier molecular flexibility index (Phi) is 4.83. The first-order valence-corrected chi connectivity index (χ1v) is 8.59. The molecule has 1 aromatic carbocycles. The number of nitrogens with one attached hydrogen (secondary N) is 1. The smallest absolute Gasteiger partial charge is 0.234 e. The van der Waals surface area contributed by atoms with Crippen molar-refractivity contribution in [2.75, 3.05) is 16.8 Å². The Labute approximate surface area is 142 Å². The van der Waals surface area contributed by atoms with Crippen molar-refractivity contribution in [2.24, 2.45) is 0 Å². The van der Waals surface area contributed by atoms with E-state index in [9.17, 15) is 4.79 Å². The maximum atomic E-state index is 11.9. The van der Waals surface area contributed by atoms with E-state index in [-0.39, 0.29) is 5.91 Å². The largest absolute Gasteiger partial charge is 0.434 e. The third-order valence-corrected chi connectivity index (χ3v) is 4.29. The van der Waals surface area contributed by atoms with Crippen LogP contribution in [0, 0.1) is 0 Å². The molecule has 5 nitrogen and oxygen atoms in total. The molecular formula is C16H14ClN3O2S. The molecular weight excluding hydrogens is 334 g/mol. The zero-order chi connectivity index (χ0) is 16.2. The van der Waals surface area contributed by atoms with Crippen LogP contribution in [-0.4, -0.2) is 27.4 Å². The quantitative estimate of drug-likeness (QED) is 0.747. The van der Waals surface area contributed by atoms with Gasteiger partial charge in [0.1, 0.15) is 0 Å². The Morgan fingerprint density at radius 1 is 1.39 bits per heavy atom. The number of oxazole rings is 1. The van der Waals surface area contributed by atoms with Gasteiger partial charge in [-0.05, 0) is 36.1 Å². The fraction of sp³-hybridized carbons (Fsp3) is 0.188. The summed E-state index contributed by atoms with van der Waals surface area (Å²) in [6.45, 7) is 2.01. The number of carbonyl (C=O) groups excluding carboxylic acids is 1. The first kappa shape index (κ1) is 15.8. The highest BCUT2D eigenvalue weighted by atomic mass is 35.5. The molecule has 1 amide bonds. The number of pyridine rings is 1. The number of fused-ring (bicyclic) bond motifs is 1. The molecule has 0 radical (unpaired) electrons. The van der Waals surface area contributed by atoms with Gasteiger partial charge in [0.2, 0.25) is 11.8 Å². The van der Waals surface area contributed by atoms with Gasteiger partial charge in [-0.25, -0.2) is 4.98 Å². The van der Waals surface area contributed by atoms with Gasteiger partial charge in [-0.2, -0.15) is 16.7 Å². The van der Waals surface area contributed by atoms with E-state index in [1.165, 1.54) is 0 Å². The van der Waals surface area contributed by atoms with Crippen LogP contribution < -0.4 is 5.32 Å². The van der Waals surface area contributed by atoms with Crippen LogP contribution in [0.4, 0.5) is 5.69 Å². The standard InChI is InChI=1S/C16H14ClN3O2S/c1-2-23-9-14(21)19-12-8-10(5-6-11(12)17)16-20-15-13(22-16)4-3-7-18-15/h3-8H,2,9H2,1H3,(H,19,21). The molecule has 0 atom stereocenters. The second-order valence-corrected chi connectivity index (χ2v) is 6.41. The summed E-state index contributed by atoms with van der Waals surface area (Å²) < 4.78 is 5.69. The maximum Gasteiger partial charge on any atom is 0.234 e. The number of anilines is 1. The van der Waals surface area contributed by atoms with Crippen LogP contribution in [0.2, 0.25) is 5.02 Å². The lowest BCUT2D eigenvalue weighted by atomic mass is 10.2. The Bertz CT molecular complexity index is 817. The van der Waals surface area contributed by atoms with Crippen molar-refractivity contribution in [2.45, 2.75) is 6.92 Å². The fourth-order valence-corrected chi connectivity index (χ4v) is 2.65. The van der Waals surface area contributed by atoms with Gasteiger partial charge in [-0.1, -0.05) is 18.5 Å². The third kappa shape index (κ3) is 3.65. The lowest BCUT2D eigenvalue weighted by molar-refractivity contribution is -0.113. The van der Waals surface area contributed by atoms with Crippen LogP contribution in [-0.2, 0) is 4.79 Å². The van der Waals surface area contributed by atoms with Crippen molar-refractivity contribution in [1.29, 1.82) is 0 Å². The molecule has 0 saturated heterocycles. The van der Waals surface area contributed by atoms with Crippen LogP contribution in [0.25, 0.3) is 22.7 Å². The van der Waals surface area contributed by atoms with Crippen molar-refractivity contribution < 1.29 is 9.21 Å². The van der Waals surface area contributed by atoms with Gasteiger partial charge in [0.25, 0.3) is 0 Å². The minimum Gasteiger partial charge on any atom is -0.434 e. The zero-order valence-electron chi connectivity index (χ0n) is 12.4. The molecule has 118 valence electrons. The number of hydrogen-bond donors (Lipinski definition) is 1. The summed E-state index contributed by atoms with van der Waals surface area (Å²) in [5.74, 6) is 1.63. The number of aromatic nitrogens is 2. The SMILES string of the molecule is CCSCC(=O)Nc1cc(-c2nc3ncccc3o2)ccc1Cl. The monoisotopic (exact) mass is 347 g/mol. The lowest BCUT2D eigenvalue weighted by Crippen LogP contribution is -2.14. The predicted molar refractivity (Wildman–Crippen MR) is 93.9 cm³/mol. The molecule has 23 heavy (non-hydrogen) atoms. The zero-order valence-corrected chi connectivity index (χ0v) is 13.9. The molecule has 0 bridgehead atoms. The summed E-state index contributed by atoms with van der Waals surface area (Å²) in [7, 11) is 0. The molecule has 0 saturated carbocycles. The van der Waals surface area contributed by atoms with E-state index in [0.717, 1.165) is 11.3 Å². The first-order chi connectivity index (χ1) is 11.2. The van der Waals surface area contributed by atoms with Gasteiger partial charge in [0, 0.05) is 11.8 Å². The number of hydrogen-bond acceptors (Lipinski definition) is 5. The minimum atomic E-state index is -0.0878. The molecule has 3 aromatic rings. The number of benzene rings is 1. The van der Waals surface area contributed by atoms with Gasteiger partial charge in [0.15, 0.2) is 11.2 Å². The Morgan fingerprint density at radius 3 is 3.04 bits per heavy atom. The topological polar surface area (TPSA) is 68.0 Å². The molecule has 0 unspecified atom stereocenters. The van der Waals surface area contributed by atoms with Crippen molar-refractivity contribution in [3.05, 3.63) is 41.6 Å². The number of halogens is 1. The summed E-state index contributed by atoms with van der Waals surface area (Å²) in [5, 5.41) is 3.28. The molecule has 3 rings (SSSR count). The van der Waals surface area contributed by atoms with Gasteiger partial charge in [0.05, 0.1) is 16.5 Å². The van der Waals surface area contributed by atoms with Crippen LogP contribution in [0.15, 0.2) is 40.9 Å². The molecule has 7 heteroatoms. The molecule has 2 heterocycles. The highest BCUT2D eigenvalue weighted by Crippen LogP contribution is 2.30. The van der Waals surface area contributed by atoms with Crippen molar-refractivity contribution >= 4 is 46.2 Å². The summed E-state index contributed by atoms with van der Waals surface area (Å²) in [6, 6.07) is 8.85. The Morgan fingerprint density at radius 2 is 2.26 bits per heavy atom. The van der Waals surface area contributed by atoms with Gasteiger partial charge >= 0.3 is 0 Å². The summed E-state index contributed by atoms with van der Waals surface area (Å²) >= 11 is 7.71. The third-order valence-electron chi connectivity index (χ3n) is 3.09. The molecule has 0 fully saturated rings. The fourth-order valence-electron chi connectivity index (χ4n) is 2.03. The van der Waals surface area contributed by atoms with E-state index < -0.39 is 0 Å². The lowest BCUT2D eigenvalue weighted by Gasteiger charge is -2.08. The van der Waals surface area contributed by atoms with E-state index in [4.69, 9.17) is 16.0 Å². The number of carbonyl (C=O) groups is 1. The summed E-state index contributed by atoms with van der Waals surface area (Å²) in [5.41, 5.74) is 2.43. The van der Waals surface area contributed by atoms with E-state index >= 15 is 0 Å². The molecule has 0 aliphatic carbocycles. The van der Waals surface area contributed by atoms with Crippen LogP contribution in [0.3, 0.4) is 0 Å². The van der Waals surface area contributed by atoms with Crippen LogP contribution >= 0.6 is 23.4 Å².